The summed E-state index contributed by atoms with van der Waals surface area (Å²) >= 11 is 3.42. The van der Waals surface area contributed by atoms with E-state index in [0.29, 0.717) is 24.8 Å². The van der Waals surface area contributed by atoms with Crippen molar-refractivity contribution in [1.82, 2.24) is 10.2 Å². The minimum Gasteiger partial charge on any atom is -0.497 e. The normalized spacial score (nSPS) is 10.7. The molecule has 0 spiro atoms. The molecule has 0 N–H and O–H groups in total. The molecule has 0 aliphatic carbocycles. The molecule has 5 nitrogen and oxygen atoms in total. The Morgan fingerprint density at radius 3 is 2.38 bits per heavy atom. The molecule has 1 heterocycles. The molecule has 0 fully saturated rings. The minimum atomic E-state index is 0.461. The zero-order chi connectivity index (χ0) is 20.1. The molecular formula is C23H19BrN2O3. The van der Waals surface area contributed by atoms with Gasteiger partial charge in [0.1, 0.15) is 18.1 Å². The standard InChI is InChI=1S/C23H19BrN2O3/c1-27-20-9-5-16(6-10-20)14-22-25-26-23(29-22)18-4-2-3-17(13-18)15-28-21-11-7-19(24)8-12-21/h2-13H,14-15H2,1H3. The van der Waals surface area contributed by atoms with E-state index in [1.165, 1.54) is 0 Å². The lowest BCUT2D eigenvalue weighted by Crippen LogP contribution is -1.95. The van der Waals surface area contributed by atoms with Gasteiger partial charge in [-0.15, -0.1) is 10.2 Å². The second kappa shape index (κ2) is 8.92. The van der Waals surface area contributed by atoms with Crippen LogP contribution >= 0.6 is 15.9 Å². The summed E-state index contributed by atoms with van der Waals surface area (Å²) in [6.07, 6.45) is 0.573. The summed E-state index contributed by atoms with van der Waals surface area (Å²) in [5, 5.41) is 8.38. The summed E-state index contributed by atoms with van der Waals surface area (Å²) in [5.41, 5.74) is 2.98. The summed E-state index contributed by atoms with van der Waals surface area (Å²) < 4.78 is 17.9. The monoisotopic (exact) mass is 450 g/mol. The van der Waals surface area contributed by atoms with Crippen LogP contribution in [0.3, 0.4) is 0 Å². The predicted octanol–water partition coefficient (Wildman–Crippen LogP) is 5.68. The highest BCUT2D eigenvalue weighted by molar-refractivity contribution is 9.10. The lowest BCUT2D eigenvalue weighted by atomic mass is 10.1. The van der Waals surface area contributed by atoms with Crippen LogP contribution in [0.4, 0.5) is 0 Å². The fourth-order valence-electron chi connectivity index (χ4n) is 2.85. The summed E-state index contributed by atoms with van der Waals surface area (Å²) in [5.74, 6) is 2.71. The van der Waals surface area contributed by atoms with Crippen molar-refractivity contribution in [3.8, 4) is 23.0 Å². The molecule has 29 heavy (non-hydrogen) atoms. The fourth-order valence-corrected chi connectivity index (χ4v) is 3.12. The van der Waals surface area contributed by atoms with Crippen molar-refractivity contribution in [1.29, 1.82) is 0 Å². The lowest BCUT2D eigenvalue weighted by Gasteiger charge is -2.07. The molecule has 0 aliphatic rings. The highest BCUT2D eigenvalue weighted by Crippen LogP contribution is 2.22. The molecule has 6 heteroatoms. The molecular weight excluding hydrogens is 432 g/mol. The molecule has 146 valence electrons. The fraction of sp³-hybridized carbons (Fsp3) is 0.130. The van der Waals surface area contributed by atoms with Gasteiger partial charge < -0.3 is 13.9 Å². The Labute approximate surface area is 177 Å². The van der Waals surface area contributed by atoms with Crippen LogP contribution < -0.4 is 9.47 Å². The van der Waals surface area contributed by atoms with E-state index in [9.17, 15) is 0 Å². The van der Waals surface area contributed by atoms with Crippen LogP contribution in [0.2, 0.25) is 0 Å². The maximum Gasteiger partial charge on any atom is 0.247 e. The van der Waals surface area contributed by atoms with E-state index in [1.54, 1.807) is 7.11 Å². The van der Waals surface area contributed by atoms with Crippen LogP contribution in [0.15, 0.2) is 81.7 Å². The van der Waals surface area contributed by atoms with E-state index in [4.69, 9.17) is 13.9 Å². The predicted molar refractivity (Wildman–Crippen MR) is 114 cm³/mol. The Hall–Kier alpha value is -3.12. The average molecular weight is 451 g/mol. The van der Waals surface area contributed by atoms with Crippen LogP contribution in [-0.4, -0.2) is 17.3 Å². The van der Waals surface area contributed by atoms with Crippen molar-refractivity contribution in [3.63, 3.8) is 0 Å². The average Bonchev–Trinajstić information content (AvgIpc) is 3.23. The number of aromatic nitrogens is 2. The smallest absolute Gasteiger partial charge is 0.247 e. The van der Waals surface area contributed by atoms with Gasteiger partial charge in [-0.05, 0) is 59.7 Å². The van der Waals surface area contributed by atoms with Gasteiger partial charge >= 0.3 is 0 Å². The molecule has 3 aromatic carbocycles. The van der Waals surface area contributed by atoms with Crippen molar-refractivity contribution < 1.29 is 13.9 Å². The summed E-state index contributed by atoms with van der Waals surface area (Å²) in [4.78, 5) is 0. The number of rotatable bonds is 7. The number of hydrogen-bond acceptors (Lipinski definition) is 5. The van der Waals surface area contributed by atoms with Gasteiger partial charge in [-0.25, -0.2) is 0 Å². The van der Waals surface area contributed by atoms with Crippen LogP contribution in [0.25, 0.3) is 11.5 Å². The van der Waals surface area contributed by atoms with E-state index in [2.05, 4.69) is 26.1 Å². The van der Waals surface area contributed by atoms with Crippen molar-refractivity contribution in [2.75, 3.05) is 7.11 Å². The maximum absolute atomic E-state index is 5.86. The van der Waals surface area contributed by atoms with Gasteiger partial charge in [-0.1, -0.05) is 40.2 Å². The quantitative estimate of drug-likeness (QED) is 0.362. The van der Waals surface area contributed by atoms with E-state index >= 15 is 0 Å². The molecule has 0 unspecified atom stereocenters. The maximum atomic E-state index is 5.86. The van der Waals surface area contributed by atoms with Crippen LogP contribution in [-0.2, 0) is 13.0 Å². The topological polar surface area (TPSA) is 57.4 Å². The van der Waals surface area contributed by atoms with Gasteiger partial charge in [-0.2, -0.15) is 0 Å². The number of nitrogens with zero attached hydrogens (tertiary/aromatic N) is 2. The van der Waals surface area contributed by atoms with E-state index < -0.39 is 0 Å². The summed E-state index contributed by atoms with van der Waals surface area (Å²) in [6, 6.07) is 23.5. The molecule has 0 saturated carbocycles. The molecule has 0 radical (unpaired) electrons. The number of halogens is 1. The second-order valence-electron chi connectivity index (χ2n) is 6.47. The van der Waals surface area contributed by atoms with Crippen LogP contribution in [0.5, 0.6) is 11.5 Å². The Morgan fingerprint density at radius 1 is 0.862 bits per heavy atom. The van der Waals surface area contributed by atoms with E-state index in [1.807, 2.05) is 72.8 Å². The van der Waals surface area contributed by atoms with E-state index in [-0.39, 0.29) is 0 Å². The third kappa shape index (κ3) is 5.03. The summed E-state index contributed by atoms with van der Waals surface area (Å²) in [7, 11) is 1.65. The SMILES string of the molecule is COc1ccc(Cc2nnc(-c3cccc(COc4ccc(Br)cc4)c3)o2)cc1. The largest absolute Gasteiger partial charge is 0.497 e. The first-order chi connectivity index (χ1) is 14.2. The molecule has 0 atom stereocenters. The molecule has 0 aliphatic heterocycles. The van der Waals surface area contributed by atoms with Gasteiger partial charge in [0.25, 0.3) is 0 Å². The van der Waals surface area contributed by atoms with Crippen molar-refractivity contribution in [3.05, 3.63) is 94.3 Å². The van der Waals surface area contributed by atoms with Crippen molar-refractivity contribution >= 4 is 15.9 Å². The van der Waals surface area contributed by atoms with Gasteiger partial charge in [0, 0.05) is 10.0 Å². The number of methoxy groups -OCH3 is 1. The highest BCUT2D eigenvalue weighted by atomic mass is 79.9. The summed E-state index contributed by atoms with van der Waals surface area (Å²) in [6.45, 7) is 0.461. The van der Waals surface area contributed by atoms with Gasteiger partial charge in [0.15, 0.2) is 0 Å². The minimum absolute atomic E-state index is 0.461. The zero-order valence-corrected chi connectivity index (χ0v) is 17.4. The first kappa shape index (κ1) is 19.2. The Kier molecular flexibility index (Phi) is 5.91. The van der Waals surface area contributed by atoms with Crippen molar-refractivity contribution in [2.45, 2.75) is 13.0 Å². The van der Waals surface area contributed by atoms with Gasteiger partial charge in [-0.3, -0.25) is 0 Å². The number of ether oxygens (including phenoxy) is 2. The Bertz CT molecular complexity index is 1080. The van der Waals surface area contributed by atoms with Crippen LogP contribution in [0, 0.1) is 0 Å². The second-order valence-corrected chi connectivity index (χ2v) is 7.38. The lowest BCUT2D eigenvalue weighted by molar-refractivity contribution is 0.306. The number of benzene rings is 3. The molecule has 4 rings (SSSR count). The van der Waals surface area contributed by atoms with Crippen molar-refractivity contribution in [2.24, 2.45) is 0 Å². The van der Waals surface area contributed by atoms with Gasteiger partial charge in [0.05, 0.1) is 13.5 Å². The molecule has 0 amide bonds. The third-order valence-corrected chi connectivity index (χ3v) is 4.90. The first-order valence-corrected chi connectivity index (χ1v) is 9.92. The first-order valence-electron chi connectivity index (χ1n) is 9.12. The molecule has 1 aromatic heterocycles. The third-order valence-electron chi connectivity index (χ3n) is 4.37. The zero-order valence-electron chi connectivity index (χ0n) is 15.8. The van der Waals surface area contributed by atoms with Crippen LogP contribution in [0.1, 0.15) is 17.0 Å². The number of hydrogen-bond donors (Lipinski definition) is 0. The Morgan fingerprint density at radius 2 is 1.62 bits per heavy atom. The molecule has 4 aromatic rings. The molecule has 0 saturated heterocycles. The van der Waals surface area contributed by atoms with Gasteiger partial charge in [0.2, 0.25) is 11.8 Å². The molecule has 0 bridgehead atoms. The Balaban J connectivity index is 1.43. The highest BCUT2D eigenvalue weighted by Gasteiger charge is 2.10. The van der Waals surface area contributed by atoms with E-state index in [0.717, 1.165) is 32.7 Å².